The number of ether oxygens (including phenoxy) is 1. The van der Waals surface area contributed by atoms with E-state index in [2.05, 4.69) is 15.0 Å². The fourth-order valence-electron chi connectivity index (χ4n) is 3.06. The summed E-state index contributed by atoms with van der Waals surface area (Å²) in [7, 11) is 0. The van der Waals surface area contributed by atoms with Gasteiger partial charge in [-0.1, -0.05) is 0 Å². The minimum Gasteiger partial charge on any atom is -0.433 e. The zero-order chi connectivity index (χ0) is 19.4. The lowest BCUT2D eigenvalue weighted by molar-refractivity contribution is -0.384. The van der Waals surface area contributed by atoms with Crippen molar-refractivity contribution in [1.29, 1.82) is 0 Å². The fourth-order valence-corrected chi connectivity index (χ4v) is 3.06. The number of alkyl halides is 2. The van der Waals surface area contributed by atoms with Crippen molar-refractivity contribution < 1.29 is 23.2 Å². The first-order valence-electron chi connectivity index (χ1n) is 8.16. The number of anilines is 1. The molecule has 2 aromatic rings. The molecular formula is C17H16F2N4O4. The molecule has 27 heavy (non-hydrogen) atoms. The summed E-state index contributed by atoms with van der Waals surface area (Å²) < 4.78 is 29.6. The molecule has 1 aliphatic rings. The lowest BCUT2D eigenvalue weighted by Crippen LogP contribution is -2.34. The number of urea groups is 1. The highest BCUT2D eigenvalue weighted by atomic mass is 19.3. The molecule has 1 saturated heterocycles. The number of pyridine rings is 1. The van der Waals surface area contributed by atoms with Crippen molar-refractivity contribution in [3.05, 3.63) is 58.4 Å². The summed E-state index contributed by atoms with van der Waals surface area (Å²) in [6.07, 6.45) is 4.76. The Morgan fingerprint density at radius 2 is 2.07 bits per heavy atom. The molecule has 3 rings (SSSR count). The number of nitro benzene ring substituents is 1. The Labute approximate surface area is 152 Å². The number of halogens is 2. The molecule has 2 amide bonds. The van der Waals surface area contributed by atoms with E-state index in [4.69, 9.17) is 0 Å². The number of carbonyl (C=O) groups excluding carboxylic acids is 1. The highest BCUT2D eigenvalue weighted by Crippen LogP contribution is 2.34. The molecule has 0 radical (unpaired) electrons. The second kappa shape index (κ2) is 7.94. The molecule has 1 aromatic carbocycles. The van der Waals surface area contributed by atoms with Gasteiger partial charge in [-0.25, -0.2) is 4.79 Å². The van der Waals surface area contributed by atoms with Crippen LogP contribution in [0.4, 0.5) is 25.0 Å². The van der Waals surface area contributed by atoms with Crippen molar-refractivity contribution in [2.45, 2.75) is 25.5 Å². The van der Waals surface area contributed by atoms with Crippen molar-refractivity contribution in [3.63, 3.8) is 0 Å². The number of rotatable bonds is 5. The second-order valence-corrected chi connectivity index (χ2v) is 5.88. The van der Waals surface area contributed by atoms with Gasteiger partial charge < -0.3 is 15.0 Å². The van der Waals surface area contributed by atoms with E-state index in [1.807, 2.05) is 0 Å². The highest BCUT2D eigenvalue weighted by Gasteiger charge is 2.30. The molecule has 1 unspecified atom stereocenters. The minimum absolute atomic E-state index is 0.185. The first-order chi connectivity index (χ1) is 13.0. The Morgan fingerprint density at radius 1 is 1.33 bits per heavy atom. The Morgan fingerprint density at radius 3 is 2.74 bits per heavy atom. The molecule has 1 aromatic heterocycles. The maximum atomic E-state index is 12.7. The van der Waals surface area contributed by atoms with E-state index in [1.54, 1.807) is 29.4 Å². The quantitative estimate of drug-likeness (QED) is 0.627. The average molecular weight is 378 g/mol. The van der Waals surface area contributed by atoms with Crippen LogP contribution in [0.5, 0.6) is 5.75 Å². The van der Waals surface area contributed by atoms with Crippen molar-refractivity contribution in [2.75, 3.05) is 11.9 Å². The number of nitrogens with zero attached hydrogens (tertiary/aromatic N) is 3. The van der Waals surface area contributed by atoms with Gasteiger partial charge in [-0.15, -0.1) is 0 Å². The summed E-state index contributed by atoms with van der Waals surface area (Å²) in [6.45, 7) is -2.66. The van der Waals surface area contributed by atoms with Crippen molar-refractivity contribution >= 4 is 17.4 Å². The topological polar surface area (TPSA) is 97.6 Å². The number of benzene rings is 1. The Kier molecular flexibility index (Phi) is 5.43. The van der Waals surface area contributed by atoms with Gasteiger partial charge in [-0.2, -0.15) is 8.78 Å². The van der Waals surface area contributed by atoms with Gasteiger partial charge in [0.15, 0.2) is 0 Å². The number of amides is 2. The first kappa shape index (κ1) is 18.5. The van der Waals surface area contributed by atoms with Gasteiger partial charge in [0.05, 0.1) is 16.7 Å². The number of hydrogen-bond donors (Lipinski definition) is 1. The molecule has 8 nitrogen and oxygen atoms in total. The summed E-state index contributed by atoms with van der Waals surface area (Å²) in [5.74, 6) is -0.344. The summed E-state index contributed by atoms with van der Waals surface area (Å²) >= 11 is 0. The number of likely N-dealkylation sites (tertiary alicyclic amines) is 1. The lowest BCUT2D eigenvalue weighted by Gasteiger charge is -2.25. The molecule has 1 N–H and O–H groups in total. The van der Waals surface area contributed by atoms with Crippen LogP contribution in [-0.4, -0.2) is 34.0 Å². The maximum absolute atomic E-state index is 12.7. The maximum Gasteiger partial charge on any atom is 0.387 e. The number of nitrogens with one attached hydrogen (secondary N) is 1. The number of nitro groups is 1. The van der Waals surface area contributed by atoms with E-state index in [0.717, 1.165) is 36.6 Å². The van der Waals surface area contributed by atoms with Crippen molar-refractivity contribution in [3.8, 4) is 5.75 Å². The molecule has 10 heteroatoms. The van der Waals surface area contributed by atoms with E-state index in [-0.39, 0.29) is 23.2 Å². The third-order valence-corrected chi connectivity index (χ3v) is 4.24. The molecule has 1 atom stereocenters. The van der Waals surface area contributed by atoms with Crippen LogP contribution < -0.4 is 10.1 Å². The van der Waals surface area contributed by atoms with Crippen LogP contribution in [0.15, 0.2) is 42.7 Å². The summed E-state index contributed by atoms with van der Waals surface area (Å²) in [5, 5.41) is 13.4. The monoisotopic (exact) mass is 378 g/mol. The van der Waals surface area contributed by atoms with E-state index in [0.29, 0.717) is 6.54 Å². The first-order valence-corrected chi connectivity index (χ1v) is 8.16. The van der Waals surface area contributed by atoms with Gasteiger partial charge in [-0.05, 0) is 36.6 Å². The summed E-state index contributed by atoms with van der Waals surface area (Å²) in [4.78, 5) is 28.5. The molecule has 0 aliphatic carbocycles. The van der Waals surface area contributed by atoms with Gasteiger partial charge >= 0.3 is 12.6 Å². The lowest BCUT2D eigenvalue weighted by atomic mass is 10.1. The SMILES string of the molecule is O=C(Nc1cc([N+](=O)[O-])ccc1OC(F)F)N1CCCC1c1ccncc1. The van der Waals surface area contributed by atoms with Crippen LogP contribution in [-0.2, 0) is 0 Å². The molecular weight excluding hydrogens is 362 g/mol. The summed E-state index contributed by atoms with van der Waals surface area (Å²) in [5.41, 5.74) is 0.370. The largest absolute Gasteiger partial charge is 0.433 e. The van der Waals surface area contributed by atoms with Crippen molar-refractivity contribution in [1.82, 2.24) is 9.88 Å². The molecule has 0 saturated carbocycles. The minimum atomic E-state index is -3.13. The number of non-ortho nitro benzene ring substituents is 1. The van der Waals surface area contributed by atoms with E-state index in [9.17, 15) is 23.7 Å². The normalized spacial score (nSPS) is 16.4. The van der Waals surface area contributed by atoms with E-state index in [1.165, 1.54) is 0 Å². The van der Waals surface area contributed by atoms with Gasteiger partial charge in [-0.3, -0.25) is 15.1 Å². The van der Waals surface area contributed by atoms with Gasteiger partial charge in [0.2, 0.25) is 0 Å². The summed E-state index contributed by atoms with van der Waals surface area (Å²) in [6, 6.07) is 5.92. The predicted molar refractivity (Wildman–Crippen MR) is 91.7 cm³/mol. The zero-order valence-corrected chi connectivity index (χ0v) is 14.0. The number of aromatic nitrogens is 1. The van der Waals surface area contributed by atoms with Crippen LogP contribution in [0.2, 0.25) is 0 Å². The Balaban J connectivity index is 1.84. The highest BCUT2D eigenvalue weighted by molar-refractivity contribution is 5.92. The van der Waals surface area contributed by atoms with Crippen LogP contribution in [0.3, 0.4) is 0 Å². The zero-order valence-electron chi connectivity index (χ0n) is 14.0. The smallest absolute Gasteiger partial charge is 0.387 e. The third kappa shape index (κ3) is 4.27. The van der Waals surface area contributed by atoms with Crippen LogP contribution in [0.1, 0.15) is 24.4 Å². The van der Waals surface area contributed by atoms with Gasteiger partial charge in [0, 0.05) is 31.1 Å². The molecule has 0 bridgehead atoms. The van der Waals surface area contributed by atoms with E-state index >= 15 is 0 Å². The van der Waals surface area contributed by atoms with Crippen molar-refractivity contribution in [2.24, 2.45) is 0 Å². The fraction of sp³-hybridized carbons (Fsp3) is 0.294. The number of carbonyl (C=O) groups is 1. The predicted octanol–water partition coefficient (Wildman–Crippen LogP) is 3.96. The van der Waals surface area contributed by atoms with Crippen LogP contribution in [0, 0.1) is 10.1 Å². The molecule has 1 aliphatic heterocycles. The van der Waals surface area contributed by atoms with Gasteiger partial charge in [0.1, 0.15) is 5.75 Å². The van der Waals surface area contributed by atoms with E-state index < -0.39 is 17.6 Å². The van der Waals surface area contributed by atoms with Crippen LogP contribution in [0.25, 0.3) is 0 Å². The standard InChI is InChI=1S/C17H16F2N4O4/c18-16(19)27-15-4-3-12(23(25)26)10-13(15)21-17(24)22-9-1-2-14(22)11-5-7-20-8-6-11/h3-8,10,14,16H,1-2,9H2,(H,21,24). The van der Waals surface area contributed by atoms with Crippen LogP contribution >= 0.6 is 0 Å². The molecule has 0 spiro atoms. The molecule has 1 fully saturated rings. The molecule has 2 heterocycles. The second-order valence-electron chi connectivity index (χ2n) is 5.88. The molecule has 142 valence electrons. The third-order valence-electron chi connectivity index (χ3n) is 4.24. The Hall–Kier alpha value is -3.30. The van der Waals surface area contributed by atoms with Gasteiger partial charge in [0.25, 0.3) is 5.69 Å². The Bertz CT molecular complexity index is 835. The average Bonchev–Trinajstić information content (AvgIpc) is 3.13. The number of hydrogen-bond acceptors (Lipinski definition) is 5.